The van der Waals surface area contributed by atoms with Crippen molar-refractivity contribution in [2.75, 3.05) is 7.11 Å². The van der Waals surface area contributed by atoms with E-state index in [1.165, 1.54) is 22.3 Å². The van der Waals surface area contributed by atoms with Gasteiger partial charge in [-0.3, -0.25) is 4.79 Å². The van der Waals surface area contributed by atoms with Crippen molar-refractivity contribution in [2.24, 2.45) is 5.92 Å². The van der Waals surface area contributed by atoms with Crippen LogP contribution in [0.3, 0.4) is 0 Å². The highest BCUT2D eigenvalue weighted by Gasteiger charge is 2.26. The minimum absolute atomic E-state index is 0.238. The van der Waals surface area contributed by atoms with Crippen LogP contribution in [0.15, 0.2) is 12.1 Å². The summed E-state index contributed by atoms with van der Waals surface area (Å²) in [5.74, 6) is 0.649. The zero-order valence-corrected chi connectivity index (χ0v) is 15.0. The lowest BCUT2D eigenvalue weighted by molar-refractivity contribution is -0.124. The average molecular weight is 336 g/mol. The molecule has 0 atom stereocenters. The number of ether oxygens (including phenoxy) is 1. The summed E-state index contributed by atoms with van der Waals surface area (Å²) in [6.45, 7) is 6.34. The maximum Gasteiger partial charge on any atom is 0.503 e. The Bertz CT molecular complexity index is 544. The van der Waals surface area contributed by atoms with Crippen LogP contribution in [-0.2, 0) is 16.0 Å². The molecule has 1 aliphatic rings. The number of methoxy groups -OCH3 is 1. The Hall–Kier alpha value is -1.88. The molecule has 5 nitrogen and oxygen atoms in total. The van der Waals surface area contributed by atoms with Gasteiger partial charge in [-0.25, -0.2) is 4.79 Å². The summed E-state index contributed by atoms with van der Waals surface area (Å²) < 4.78 is 5.38. The van der Waals surface area contributed by atoms with Crippen molar-refractivity contribution in [3.05, 3.63) is 34.4 Å². The van der Waals surface area contributed by atoms with Gasteiger partial charge in [0.25, 0.3) is 0 Å². The Morgan fingerprint density at radius 1 is 1.04 bits per heavy atom. The molecule has 2 rings (SSSR count). The first kappa shape index (κ1) is 20.2. The van der Waals surface area contributed by atoms with Crippen molar-refractivity contribution in [1.29, 1.82) is 0 Å². The first-order valence-corrected chi connectivity index (χ1v) is 8.28. The smallest absolute Gasteiger partial charge is 0.450 e. The number of Topliss-reactive ketones (excluding diaryl/α,β-unsaturated/α-hetero) is 1. The topological polar surface area (TPSA) is 83.8 Å². The summed E-state index contributed by atoms with van der Waals surface area (Å²) in [6, 6.07) is 4.36. The number of hydrogen-bond acceptors (Lipinski definition) is 3. The minimum atomic E-state index is -1.83. The average Bonchev–Trinajstić information content (AvgIpc) is 2.50. The van der Waals surface area contributed by atoms with Gasteiger partial charge in [0, 0.05) is 19.4 Å². The summed E-state index contributed by atoms with van der Waals surface area (Å²) in [6.07, 6.45) is 3.15. The SMILES string of the molecule is COC1CCC(C(=O)Cc2c(C)cc(C)cc2C)CC1.O=C(O)O. The molecule has 134 valence electrons. The molecule has 0 aliphatic heterocycles. The van der Waals surface area contributed by atoms with Crippen LogP contribution in [0.25, 0.3) is 0 Å². The lowest BCUT2D eigenvalue weighted by Crippen LogP contribution is -2.26. The molecule has 2 N–H and O–H groups in total. The zero-order valence-electron chi connectivity index (χ0n) is 15.0. The Labute approximate surface area is 143 Å². The molecule has 0 heterocycles. The Morgan fingerprint density at radius 3 is 1.92 bits per heavy atom. The lowest BCUT2D eigenvalue weighted by Gasteiger charge is -2.27. The van der Waals surface area contributed by atoms with E-state index in [1.54, 1.807) is 7.11 Å². The molecule has 0 bridgehead atoms. The summed E-state index contributed by atoms with van der Waals surface area (Å²) in [5.41, 5.74) is 5.01. The van der Waals surface area contributed by atoms with Crippen molar-refractivity contribution in [3.8, 4) is 0 Å². The molecule has 1 aromatic carbocycles. The number of ketones is 1. The van der Waals surface area contributed by atoms with Gasteiger partial charge >= 0.3 is 6.16 Å². The molecule has 1 aromatic rings. The van der Waals surface area contributed by atoms with E-state index in [1.807, 2.05) is 0 Å². The lowest BCUT2D eigenvalue weighted by atomic mass is 9.82. The maximum atomic E-state index is 12.5. The van der Waals surface area contributed by atoms with Crippen molar-refractivity contribution in [3.63, 3.8) is 0 Å². The molecule has 5 heteroatoms. The predicted octanol–water partition coefficient (Wildman–Crippen LogP) is 4.15. The van der Waals surface area contributed by atoms with E-state index < -0.39 is 6.16 Å². The van der Waals surface area contributed by atoms with Crippen LogP contribution in [0.1, 0.15) is 47.9 Å². The summed E-state index contributed by atoms with van der Waals surface area (Å²) >= 11 is 0. The number of carbonyl (C=O) groups is 2. The summed E-state index contributed by atoms with van der Waals surface area (Å²) in [7, 11) is 1.77. The van der Waals surface area contributed by atoms with Gasteiger partial charge in [0.2, 0.25) is 0 Å². The van der Waals surface area contributed by atoms with Gasteiger partial charge in [0.15, 0.2) is 0 Å². The first-order chi connectivity index (χ1) is 11.2. The molecule has 1 saturated carbocycles. The summed E-state index contributed by atoms with van der Waals surface area (Å²) in [4.78, 5) is 21.1. The number of hydrogen-bond donors (Lipinski definition) is 2. The third-order valence-corrected chi connectivity index (χ3v) is 4.65. The molecular formula is C19H28O5. The molecule has 24 heavy (non-hydrogen) atoms. The highest BCUT2D eigenvalue weighted by molar-refractivity contribution is 5.84. The Balaban J connectivity index is 0.000000648. The Kier molecular flexibility index (Phi) is 7.92. The third kappa shape index (κ3) is 6.32. The zero-order chi connectivity index (χ0) is 18.3. The van der Waals surface area contributed by atoms with Crippen LogP contribution in [0.2, 0.25) is 0 Å². The van der Waals surface area contributed by atoms with E-state index >= 15 is 0 Å². The second-order valence-corrected chi connectivity index (χ2v) is 6.51. The fraction of sp³-hybridized carbons (Fsp3) is 0.579. The second-order valence-electron chi connectivity index (χ2n) is 6.51. The van der Waals surface area contributed by atoms with Crippen LogP contribution < -0.4 is 0 Å². The quantitative estimate of drug-likeness (QED) is 0.863. The van der Waals surface area contributed by atoms with Crippen molar-refractivity contribution in [1.82, 2.24) is 0 Å². The number of rotatable bonds is 4. The fourth-order valence-electron chi connectivity index (χ4n) is 3.43. The highest BCUT2D eigenvalue weighted by atomic mass is 16.6. The van der Waals surface area contributed by atoms with E-state index in [0.29, 0.717) is 18.3 Å². The van der Waals surface area contributed by atoms with Gasteiger partial charge in [-0.15, -0.1) is 0 Å². The van der Waals surface area contributed by atoms with E-state index in [2.05, 4.69) is 32.9 Å². The molecule has 0 spiro atoms. The number of benzene rings is 1. The predicted molar refractivity (Wildman–Crippen MR) is 92.8 cm³/mol. The first-order valence-electron chi connectivity index (χ1n) is 8.28. The largest absolute Gasteiger partial charge is 0.503 e. The van der Waals surface area contributed by atoms with Crippen LogP contribution in [0.5, 0.6) is 0 Å². The summed E-state index contributed by atoms with van der Waals surface area (Å²) in [5, 5.41) is 13.9. The normalized spacial score (nSPS) is 20.0. The van der Waals surface area contributed by atoms with Gasteiger partial charge in [0.1, 0.15) is 5.78 Å². The molecule has 0 aromatic heterocycles. The van der Waals surface area contributed by atoms with E-state index in [4.69, 9.17) is 19.7 Å². The molecule has 0 saturated heterocycles. The van der Waals surface area contributed by atoms with Crippen molar-refractivity contribution in [2.45, 2.75) is 59.0 Å². The van der Waals surface area contributed by atoms with Crippen molar-refractivity contribution < 1.29 is 24.5 Å². The van der Waals surface area contributed by atoms with Gasteiger partial charge in [-0.2, -0.15) is 0 Å². The van der Waals surface area contributed by atoms with Gasteiger partial charge in [-0.1, -0.05) is 17.7 Å². The van der Waals surface area contributed by atoms with Crippen LogP contribution in [-0.4, -0.2) is 35.4 Å². The monoisotopic (exact) mass is 336 g/mol. The minimum Gasteiger partial charge on any atom is -0.450 e. The third-order valence-electron chi connectivity index (χ3n) is 4.65. The molecule has 0 amide bonds. The van der Waals surface area contributed by atoms with Gasteiger partial charge in [-0.05, 0) is 63.1 Å². The van der Waals surface area contributed by atoms with Crippen LogP contribution >= 0.6 is 0 Å². The number of carboxylic acid groups (broad SMARTS) is 2. The van der Waals surface area contributed by atoms with Gasteiger partial charge < -0.3 is 14.9 Å². The standard InChI is InChI=1S/C18H26O2.CH2O3/c1-12-9-13(2)17(14(3)10-12)11-18(19)15-5-7-16(20-4)8-6-15;2-1(3)4/h9-10,15-16H,5-8,11H2,1-4H3;(H2,2,3,4). The number of carbonyl (C=O) groups excluding carboxylic acids is 1. The van der Waals surface area contributed by atoms with E-state index in [9.17, 15) is 4.79 Å². The second kappa shape index (κ2) is 9.42. The highest BCUT2D eigenvalue weighted by Crippen LogP contribution is 2.28. The van der Waals surface area contributed by atoms with Crippen LogP contribution in [0, 0.1) is 26.7 Å². The van der Waals surface area contributed by atoms with E-state index in [0.717, 1.165) is 25.7 Å². The van der Waals surface area contributed by atoms with Gasteiger partial charge in [0.05, 0.1) is 6.10 Å². The molecule has 1 fully saturated rings. The van der Waals surface area contributed by atoms with Crippen molar-refractivity contribution >= 4 is 11.9 Å². The Morgan fingerprint density at radius 2 is 1.50 bits per heavy atom. The molecule has 0 radical (unpaired) electrons. The van der Waals surface area contributed by atoms with E-state index in [-0.39, 0.29) is 5.92 Å². The van der Waals surface area contributed by atoms with Crippen LogP contribution in [0.4, 0.5) is 4.79 Å². The molecule has 1 aliphatic carbocycles. The molecule has 0 unspecified atom stereocenters. The molecular weight excluding hydrogens is 308 g/mol. The maximum absolute atomic E-state index is 12.5. The number of aryl methyl sites for hydroxylation is 3. The fourth-order valence-corrected chi connectivity index (χ4v) is 3.43.